The number of ether oxygens (including phenoxy) is 4. The average molecular weight is 465 g/mol. The predicted octanol–water partition coefficient (Wildman–Crippen LogP) is 4.62. The van der Waals surface area contributed by atoms with Crippen LogP contribution >= 0.6 is 0 Å². The largest absolute Gasteiger partial charge is 0.458 e. The minimum atomic E-state index is -0.556. The molecule has 1 saturated heterocycles. The summed E-state index contributed by atoms with van der Waals surface area (Å²) in [6.07, 6.45) is 9.57. The molecule has 1 N–H and O–H groups in total. The van der Waals surface area contributed by atoms with E-state index in [1.807, 2.05) is 32.9 Å². The minimum absolute atomic E-state index is 0.0363. The maximum atomic E-state index is 12.9. The van der Waals surface area contributed by atoms with E-state index in [9.17, 15) is 9.90 Å². The van der Waals surface area contributed by atoms with Crippen molar-refractivity contribution in [3.8, 4) is 0 Å². The fraction of sp³-hybridized carbons (Fsp3) is 0.741. The maximum Gasteiger partial charge on any atom is 0.309 e. The van der Waals surface area contributed by atoms with Crippen molar-refractivity contribution in [3.63, 3.8) is 0 Å². The Morgan fingerprint density at radius 1 is 1.12 bits per heavy atom. The number of carbonyl (C=O) groups excluding carboxylic acids is 1. The van der Waals surface area contributed by atoms with Crippen molar-refractivity contribution in [3.05, 3.63) is 36.5 Å². The van der Waals surface area contributed by atoms with Crippen LogP contribution in [0.5, 0.6) is 0 Å². The number of hydrogen-bond acceptors (Lipinski definition) is 6. The van der Waals surface area contributed by atoms with E-state index in [0.717, 1.165) is 31.3 Å². The molecule has 2 aliphatic heterocycles. The van der Waals surface area contributed by atoms with Crippen LogP contribution in [-0.2, 0) is 23.7 Å². The second-order valence-electron chi connectivity index (χ2n) is 9.68. The smallest absolute Gasteiger partial charge is 0.309 e. The zero-order chi connectivity index (χ0) is 24.5. The molecule has 33 heavy (non-hydrogen) atoms. The molecule has 188 valence electrons. The van der Waals surface area contributed by atoms with Crippen molar-refractivity contribution < 1.29 is 28.8 Å². The first kappa shape index (κ1) is 27.8. The van der Waals surface area contributed by atoms with Gasteiger partial charge in [0.05, 0.1) is 30.8 Å². The lowest BCUT2D eigenvalue weighted by Gasteiger charge is -2.44. The molecule has 0 aromatic carbocycles. The number of esters is 1. The van der Waals surface area contributed by atoms with E-state index >= 15 is 0 Å². The first-order valence-corrected chi connectivity index (χ1v) is 12.3. The summed E-state index contributed by atoms with van der Waals surface area (Å²) < 4.78 is 23.8. The van der Waals surface area contributed by atoms with Crippen LogP contribution < -0.4 is 0 Å². The second kappa shape index (κ2) is 13.4. The number of allylic oxidation sites excluding steroid dienone is 2. The highest BCUT2D eigenvalue weighted by Crippen LogP contribution is 2.36. The quantitative estimate of drug-likeness (QED) is 0.372. The van der Waals surface area contributed by atoms with Crippen molar-refractivity contribution in [2.45, 2.75) is 96.4 Å². The van der Waals surface area contributed by atoms with Gasteiger partial charge in [-0.15, -0.1) is 0 Å². The number of aliphatic hydroxyl groups is 1. The Bertz CT molecular complexity index is 686. The Morgan fingerprint density at radius 2 is 1.82 bits per heavy atom. The van der Waals surface area contributed by atoms with Gasteiger partial charge in [0.1, 0.15) is 12.2 Å². The summed E-state index contributed by atoms with van der Waals surface area (Å²) in [5, 5.41) is 10.9. The lowest BCUT2D eigenvalue weighted by atomic mass is 9.78. The Hall–Kier alpha value is -1.47. The van der Waals surface area contributed by atoms with Gasteiger partial charge in [0.2, 0.25) is 0 Å². The fourth-order valence-electron chi connectivity index (χ4n) is 5.06. The van der Waals surface area contributed by atoms with Crippen molar-refractivity contribution in [2.24, 2.45) is 17.8 Å². The van der Waals surface area contributed by atoms with Gasteiger partial charge in [0.25, 0.3) is 0 Å². The molecule has 0 saturated carbocycles. The summed E-state index contributed by atoms with van der Waals surface area (Å²) in [5.74, 6) is -0.477. The first-order chi connectivity index (χ1) is 15.7. The van der Waals surface area contributed by atoms with E-state index in [-0.39, 0.29) is 54.6 Å². The molecule has 2 bridgehead atoms. The normalized spacial score (nSPS) is 39.7. The van der Waals surface area contributed by atoms with Crippen LogP contribution in [0.3, 0.4) is 0 Å². The standard InChI is InChI=1S/C27H44O6/c1-8-11-17(2)21-12-9-10-13-22(30-6)23(31-7)15-14-18(3)27-20(5)26(29)19(4)24(33-27)16-25(28)32-21/h8,11,14-15,18-24,26-27,29H,1,9-10,12-13,16H2,2-7H3. The topological polar surface area (TPSA) is 74.2 Å². The van der Waals surface area contributed by atoms with E-state index in [2.05, 4.69) is 19.6 Å². The molecular weight excluding hydrogens is 420 g/mol. The van der Waals surface area contributed by atoms with Crippen molar-refractivity contribution >= 4 is 5.97 Å². The number of methoxy groups -OCH3 is 2. The summed E-state index contributed by atoms with van der Waals surface area (Å²) in [7, 11) is 3.41. The number of hydrogen-bond donors (Lipinski definition) is 1. The monoisotopic (exact) mass is 464 g/mol. The molecule has 0 amide bonds. The summed E-state index contributed by atoms with van der Waals surface area (Å²) in [4.78, 5) is 12.9. The SMILES string of the molecule is C=CC=C(C)C1CCCCC(OC)C(OC)C=CC(C)C2OC(CC(=O)O1)C(C)C(O)C2C. The fourth-order valence-corrected chi connectivity index (χ4v) is 5.06. The number of cyclic esters (lactones) is 1. The van der Waals surface area contributed by atoms with Crippen LogP contribution in [0.1, 0.15) is 59.8 Å². The first-order valence-electron chi connectivity index (χ1n) is 12.3. The lowest BCUT2D eigenvalue weighted by molar-refractivity contribution is -0.185. The van der Waals surface area contributed by atoms with Gasteiger partial charge in [-0.2, -0.15) is 0 Å². The molecule has 1 fully saturated rings. The molecule has 2 heterocycles. The van der Waals surface area contributed by atoms with Gasteiger partial charge in [-0.25, -0.2) is 0 Å². The molecule has 6 heteroatoms. The van der Waals surface area contributed by atoms with Crippen LogP contribution in [-0.4, -0.2) is 61.9 Å². The molecule has 2 rings (SSSR count). The highest BCUT2D eigenvalue weighted by atomic mass is 16.6. The molecule has 0 aliphatic carbocycles. The van der Waals surface area contributed by atoms with Crippen LogP contribution in [0.25, 0.3) is 0 Å². The van der Waals surface area contributed by atoms with Crippen molar-refractivity contribution in [2.75, 3.05) is 14.2 Å². The van der Waals surface area contributed by atoms with Crippen molar-refractivity contribution in [1.82, 2.24) is 0 Å². The van der Waals surface area contributed by atoms with Crippen LogP contribution in [0, 0.1) is 17.8 Å². The highest BCUT2D eigenvalue weighted by Gasteiger charge is 2.43. The van der Waals surface area contributed by atoms with E-state index in [1.165, 1.54) is 0 Å². The third kappa shape index (κ3) is 7.51. The van der Waals surface area contributed by atoms with E-state index in [0.29, 0.717) is 0 Å². The van der Waals surface area contributed by atoms with Gasteiger partial charge in [0, 0.05) is 32.0 Å². The summed E-state index contributed by atoms with van der Waals surface area (Å²) in [6.45, 7) is 11.8. The van der Waals surface area contributed by atoms with Gasteiger partial charge in [-0.1, -0.05) is 58.1 Å². The zero-order valence-corrected chi connectivity index (χ0v) is 21.2. The third-order valence-electron chi connectivity index (χ3n) is 7.31. The number of rotatable bonds is 4. The Morgan fingerprint density at radius 3 is 2.45 bits per heavy atom. The van der Waals surface area contributed by atoms with Crippen molar-refractivity contribution in [1.29, 1.82) is 0 Å². The number of carbonyl (C=O) groups is 1. The van der Waals surface area contributed by atoms with E-state index in [1.54, 1.807) is 20.3 Å². The molecule has 0 aromatic rings. The van der Waals surface area contributed by atoms with Gasteiger partial charge in [0.15, 0.2) is 0 Å². The zero-order valence-electron chi connectivity index (χ0n) is 21.2. The van der Waals surface area contributed by atoms with Gasteiger partial charge >= 0.3 is 5.97 Å². The molecule has 9 atom stereocenters. The third-order valence-corrected chi connectivity index (χ3v) is 7.31. The van der Waals surface area contributed by atoms with Crippen LogP contribution in [0.15, 0.2) is 36.5 Å². The molecule has 9 unspecified atom stereocenters. The maximum absolute atomic E-state index is 12.9. The average Bonchev–Trinajstić information content (AvgIpc) is 2.79. The Labute approximate surface area is 200 Å². The van der Waals surface area contributed by atoms with Gasteiger partial charge in [-0.05, 0) is 31.8 Å². The Kier molecular flexibility index (Phi) is 11.3. The highest BCUT2D eigenvalue weighted by molar-refractivity contribution is 5.70. The molecule has 6 nitrogen and oxygen atoms in total. The second-order valence-corrected chi connectivity index (χ2v) is 9.68. The Balaban J connectivity index is 2.34. The van der Waals surface area contributed by atoms with Crippen LogP contribution in [0.2, 0.25) is 0 Å². The molecule has 0 radical (unpaired) electrons. The molecule has 0 spiro atoms. The number of fused-ring (bicyclic) bond motifs is 2. The van der Waals surface area contributed by atoms with E-state index in [4.69, 9.17) is 18.9 Å². The van der Waals surface area contributed by atoms with Gasteiger partial charge in [-0.3, -0.25) is 4.79 Å². The van der Waals surface area contributed by atoms with Gasteiger partial charge < -0.3 is 24.1 Å². The number of aliphatic hydroxyl groups excluding tert-OH is 1. The lowest BCUT2D eigenvalue weighted by Crippen LogP contribution is -2.51. The molecule has 0 aromatic heterocycles. The van der Waals surface area contributed by atoms with E-state index < -0.39 is 12.2 Å². The molecular formula is C27H44O6. The van der Waals surface area contributed by atoms with Crippen LogP contribution in [0.4, 0.5) is 0 Å². The summed E-state index contributed by atoms with van der Waals surface area (Å²) in [5.41, 5.74) is 0.971. The minimum Gasteiger partial charge on any atom is -0.458 e. The summed E-state index contributed by atoms with van der Waals surface area (Å²) >= 11 is 0. The predicted molar refractivity (Wildman–Crippen MR) is 130 cm³/mol. The molecule has 2 aliphatic rings. The summed E-state index contributed by atoms with van der Waals surface area (Å²) in [6, 6.07) is 0.